The molecule has 2 aliphatic heterocycles. The molecule has 5 rings (SSSR count). The van der Waals surface area contributed by atoms with Crippen LogP contribution >= 0.6 is 11.8 Å². The lowest BCUT2D eigenvalue weighted by molar-refractivity contribution is -0.116. The molecule has 1 atom stereocenters. The summed E-state index contributed by atoms with van der Waals surface area (Å²) in [5.41, 5.74) is 6.24. The number of benzene rings is 1. The summed E-state index contributed by atoms with van der Waals surface area (Å²) in [6, 6.07) is 5.50. The summed E-state index contributed by atoms with van der Waals surface area (Å²) in [6.07, 6.45) is 8.77. The van der Waals surface area contributed by atoms with E-state index in [9.17, 15) is 9.18 Å². The van der Waals surface area contributed by atoms with Gasteiger partial charge in [0, 0.05) is 45.5 Å². The van der Waals surface area contributed by atoms with E-state index in [0.29, 0.717) is 6.42 Å². The summed E-state index contributed by atoms with van der Waals surface area (Å²) in [5, 5.41) is 3.56. The summed E-state index contributed by atoms with van der Waals surface area (Å²) in [5.74, 6) is 1.16. The quantitative estimate of drug-likeness (QED) is 0.755. The van der Waals surface area contributed by atoms with Gasteiger partial charge in [-0.1, -0.05) is 12.1 Å². The zero-order valence-electron chi connectivity index (χ0n) is 14.7. The lowest BCUT2D eigenvalue weighted by atomic mass is 9.78. The number of rotatable bonds is 2. The standard InChI is InChI=1S/C22H22FNOS/c23-16-9-8-14(12-15(16)13-4-1-2-5-13)20-21-17(6-3-7-19(21)25)24-18-10-11-26-22(18)20/h4,8-9,12,20,24H,1-3,5-7,10-11H2. The fourth-order valence-corrected chi connectivity index (χ4v) is 5.97. The molecule has 0 saturated carbocycles. The maximum atomic E-state index is 14.5. The van der Waals surface area contributed by atoms with E-state index < -0.39 is 0 Å². The highest BCUT2D eigenvalue weighted by molar-refractivity contribution is 8.03. The number of nitrogens with one attached hydrogen (secondary N) is 1. The fourth-order valence-electron chi connectivity index (χ4n) is 4.70. The predicted molar refractivity (Wildman–Crippen MR) is 104 cm³/mol. The van der Waals surface area contributed by atoms with Gasteiger partial charge in [-0.05, 0) is 61.8 Å². The van der Waals surface area contributed by atoms with Gasteiger partial charge in [0.15, 0.2) is 5.78 Å². The molecule has 0 aromatic heterocycles. The second kappa shape index (κ2) is 6.41. The van der Waals surface area contributed by atoms with E-state index in [0.717, 1.165) is 72.2 Å². The number of halogens is 1. The fraction of sp³-hybridized carbons (Fsp3) is 0.409. The maximum absolute atomic E-state index is 14.5. The van der Waals surface area contributed by atoms with Crippen molar-refractivity contribution in [1.82, 2.24) is 5.32 Å². The molecule has 2 heterocycles. The first-order valence-corrected chi connectivity index (χ1v) is 10.6. The van der Waals surface area contributed by atoms with Gasteiger partial charge in [-0.15, -0.1) is 11.8 Å². The smallest absolute Gasteiger partial charge is 0.161 e. The van der Waals surface area contributed by atoms with Crippen LogP contribution in [-0.4, -0.2) is 11.5 Å². The van der Waals surface area contributed by atoms with E-state index >= 15 is 0 Å². The van der Waals surface area contributed by atoms with Gasteiger partial charge in [-0.3, -0.25) is 4.79 Å². The van der Waals surface area contributed by atoms with Crippen LogP contribution in [0.1, 0.15) is 62.0 Å². The minimum Gasteiger partial charge on any atom is -0.361 e. The normalized spacial score (nSPS) is 25.2. The number of carbonyl (C=O) groups is 1. The van der Waals surface area contributed by atoms with Gasteiger partial charge in [0.05, 0.1) is 0 Å². The molecule has 1 N–H and O–H groups in total. The van der Waals surface area contributed by atoms with E-state index in [1.54, 1.807) is 6.07 Å². The van der Waals surface area contributed by atoms with Crippen LogP contribution in [0.2, 0.25) is 0 Å². The lowest BCUT2D eigenvalue weighted by Gasteiger charge is -2.33. The average molecular weight is 367 g/mol. The van der Waals surface area contributed by atoms with Crippen molar-refractivity contribution in [2.75, 3.05) is 5.75 Å². The first kappa shape index (κ1) is 16.4. The molecule has 0 spiro atoms. The van der Waals surface area contributed by atoms with Crippen molar-refractivity contribution >= 4 is 23.1 Å². The molecule has 4 heteroatoms. The molecule has 0 saturated heterocycles. The number of ketones is 1. The number of allylic oxidation sites excluding steroid dienone is 6. The summed E-state index contributed by atoms with van der Waals surface area (Å²) < 4.78 is 14.5. The van der Waals surface area contributed by atoms with Crippen LogP contribution in [0.3, 0.4) is 0 Å². The minimum absolute atomic E-state index is 0.0112. The van der Waals surface area contributed by atoms with Crippen LogP contribution in [0.5, 0.6) is 0 Å². The third-order valence-electron chi connectivity index (χ3n) is 5.93. The SMILES string of the molecule is O=C1CCCC2=C1C(c1ccc(F)c(C3=CCCC3)c1)C1=C(CCS1)N2. The largest absolute Gasteiger partial charge is 0.361 e. The van der Waals surface area contributed by atoms with Crippen molar-refractivity contribution < 1.29 is 9.18 Å². The minimum atomic E-state index is -0.145. The Morgan fingerprint density at radius 3 is 2.85 bits per heavy atom. The second-order valence-corrected chi connectivity index (χ2v) is 8.67. The summed E-state index contributed by atoms with van der Waals surface area (Å²) in [4.78, 5) is 14.1. The Morgan fingerprint density at radius 1 is 1.08 bits per heavy atom. The molecule has 134 valence electrons. The number of hydrogen-bond acceptors (Lipinski definition) is 3. The monoisotopic (exact) mass is 367 g/mol. The van der Waals surface area contributed by atoms with Crippen molar-refractivity contribution in [2.24, 2.45) is 0 Å². The molecule has 26 heavy (non-hydrogen) atoms. The molecule has 0 fully saturated rings. The highest BCUT2D eigenvalue weighted by Crippen LogP contribution is 2.50. The van der Waals surface area contributed by atoms with Crippen molar-refractivity contribution in [3.05, 3.63) is 63.1 Å². The molecule has 1 aromatic carbocycles. The highest BCUT2D eigenvalue weighted by Gasteiger charge is 2.38. The lowest BCUT2D eigenvalue weighted by Crippen LogP contribution is -2.30. The van der Waals surface area contributed by atoms with Crippen LogP contribution in [0, 0.1) is 5.82 Å². The van der Waals surface area contributed by atoms with Crippen LogP contribution in [0.25, 0.3) is 5.57 Å². The van der Waals surface area contributed by atoms with Crippen LogP contribution in [0.4, 0.5) is 4.39 Å². The topological polar surface area (TPSA) is 29.1 Å². The van der Waals surface area contributed by atoms with Crippen LogP contribution < -0.4 is 5.32 Å². The Morgan fingerprint density at radius 2 is 2.00 bits per heavy atom. The van der Waals surface area contributed by atoms with Crippen LogP contribution in [0.15, 0.2) is 46.1 Å². The Bertz CT molecular complexity index is 895. The molecule has 2 aliphatic carbocycles. The van der Waals surface area contributed by atoms with Gasteiger partial charge < -0.3 is 5.32 Å². The first-order chi connectivity index (χ1) is 12.7. The first-order valence-electron chi connectivity index (χ1n) is 9.60. The summed E-state index contributed by atoms with van der Waals surface area (Å²) in [7, 11) is 0. The third kappa shape index (κ3) is 2.58. The number of thioether (sulfide) groups is 1. The maximum Gasteiger partial charge on any atom is 0.161 e. The van der Waals surface area contributed by atoms with E-state index in [1.807, 2.05) is 23.9 Å². The van der Waals surface area contributed by atoms with Gasteiger partial charge in [-0.25, -0.2) is 4.39 Å². The summed E-state index contributed by atoms with van der Waals surface area (Å²) >= 11 is 1.85. The van der Waals surface area contributed by atoms with E-state index in [4.69, 9.17) is 0 Å². The number of hydrogen-bond donors (Lipinski definition) is 1. The zero-order chi connectivity index (χ0) is 17.7. The van der Waals surface area contributed by atoms with Gasteiger partial charge >= 0.3 is 0 Å². The third-order valence-corrected chi connectivity index (χ3v) is 7.13. The highest BCUT2D eigenvalue weighted by atomic mass is 32.2. The number of dihydropyridines is 1. The summed E-state index contributed by atoms with van der Waals surface area (Å²) in [6.45, 7) is 0. The predicted octanol–water partition coefficient (Wildman–Crippen LogP) is 5.44. The molecule has 0 bridgehead atoms. The van der Waals surface area contributed by atoms with Crippen molar-refractivity contribution in [2.45, 2.75) is 50.9 Å². The Kier molecular flexibility index (Phi) is 4.04. The Balaban J connectivity index is 1.65. The Labute approximate surface area is 157 Å². The average Bonchev–Trinajstić information content (AvgIpc) is 3.32. The number of Topliss-reactive ketones (excluding diaryl/α,β-unsaturated/α-hetero) is 1. The van der Waals surface area contributed by atoms with E-state index in [-0.39, 0.29) is 17.5 Å². The molecular formula is C22H22FNOS. The van der Waals surface area contributed by atoms with E-state index in [2.05, 4.69) is 11.4 Å². The van der Waals surface area contributed by atoms with Gasteiger partial charge in [0.2, 0.25) is 0 Å². The van der Waals surface area contributed by atoms with Crippen molar-refractivity contribution in [3.8, 4) is 0 Å². The molecule has 0 amide bonds. The molecular weight excluding hydrogens is 345 g/mol. The second-order valence-electron chi connectivity index (χ2n) is 7.53. The van der Waals surface area contributed by atoms with Gasteiger partial charge in [0.1, 0.15) is 5.82 Å². The van der Waals surface area contributed by atoms with Gasteiger partial charge in [-0.2, -0.15) is 0 Å². The Hall–Kier alpha value is -1.81. The molecule has 2 nitrogen and oxygen atoms in total. The van der Waals surface area contributed by atoms with Gasteiger partial charge in [0.25, 0.3) is 0 Å². The molecule has 0 radical (unpaired) electrons. The van der Waals surface area contributed by atoms with E-state index in [1.165, 1.54) is 10.6 Å². The zero-order valence-corrected chi connectivity index (χ0v) is 15.6. The molecule has 1 aromatic rings. The van der Waals surface area contributed by atoms with Crippen LogP contribution in [-0.2, 0) is 4.79 Å². The molecule has 4 aliphatic rings. The molecule has 1 unspecified atom stereocenters. The van der Waals surface area contributed by atoms with Crippen molar-refractivity contribution in [1.29, 1.82) is 0 Å². The number of carbonyl (C=O) groups excluding carboxylic acids is 1. The van der Waals surface area contributed by atoms with Crippen molar-refractivity contribution in [3.63, 3.8) is 0 Å².